The summed E-state index contributed by atoms with van der Waals surface area (Å²) in [7, 11) is 0. The van der Waals surface area contributed by atoms with Crippen LogP contribution in [-0.2, 0) is 9.59 Å². The van der Waals surface area contributed by atoms with E-state index >= 15 is 0 Å². The van der Waals surface area contributed by atoms with Gasteiger partial charge >= 0.3 is 0 Å². The Bertz CT molecular complexity index is 342. The lowest BCUT2D eigenvalue weighted by molar-refractivity contribution is -0.142. The molecule has 0 saturated carbocycles. The molecule has 1 saturated heterocycles. The molecule has 5 heteroatoms. The Morgan fingerprint density at radius 2 is 2.18 bits per heavy atom. The molecule has 0 aliphatic carbocycles. The van der Waals surface area contributed by atoms with Crippen LogP contribution in [0.1, 0.15) is 33.1 Å². The summed E-state index contributed by atoms with van der Waals surface area (Å²) >= 11 is 0. The highest BCUT2D eigenvalue weighted by Gasteiger charge is 2.39. The second-order valence-corrected chi connectivity index (χ2v) is 4.33. The van der Waals surface area contributed by atoms with Crippen molar-refractivity contribution in [2.24, 2.45) is 5.41 Å². The molecule has 0 aromatic carbocycles. The van der Waals surface area contributed by atoms with Crippen molar-refractivity contribution in [3.8, 4) is 6.07 Å². The number of hydrogen-bond acceptors (Lipinski definition) is 3. The van der Waals surface area contributed by atoms with Crippen LogP contribution in [0.15, 0.2) is 0 Å². The summed E-state index contributed by atoms with van der Waals surface area (Å²) in [6, 6.07) is 2.12. The molecule has 0 atom stereocenters. The minimum atomic E-state index is -0.968. The van der Waals surface area contributed by atoms with E-state index in [-0.39, 0.29) is 18.4 Å². The average Bonchev–Trinajstić information content (AvgIpc) is 2.56. The lowest BCUT2D eigenvalue weighted by Gasteiger charge is -2.29. The zero-order valence-corrected chi connectivity index (χ0v) is 10.5. The molecule has 2 amide bonds. The summed E-state index contributed by atoms with van der Waals surface area (Å²) in [6.45, 7) is 4.88. The molecule has 1 N–H and O–H groups in total. The molecule has 0 spiro atoms. The number of hydrogen-bond donors (Lipinski definition) is 1. The standard InChI is InChI=1S/C12H19N3O2/c1-3-12(4-2,9-13)11(17)15-7-5-6-14-10(16)8-15/h3-8H2,1-2H3,(H,14,16). The summed E-state index contributed by atoms with van der Waals surface area (Å²) < 4.78 is 0. The molecule has 1 aliphatic heterocycles. The van der Waals surface area contributed by atoms with Gasteiger partial charge in [-0.25, -0.2) is 0 Å². The fourth-order valence-corrected chi connectivity index (χ4v) is 2.04. The summed E-state index contributed by atoms with van der Waals surface area (Å²) in [6.07, 6.45) is 1.71. The molecule has 0 bridgehead atoms. The lowest BCUT2D eigenvalue weighted by atomic mass is 9.82. The van der Waals surface area contributed by atoms with Crippen LogP contribution >= 0.6 is 0 Å². The lowest BCUT2D eigenvalue weighted by Crippen LogP contribution is -2.45. The van der Waals surface area contributed by atoms with E-state index in [1.165, 1.54) is 4.90 Å². The van der Waals surface area contributed by atoms with Gasteiger partial charge in [-0.05, 0) is 19.3 Å². The molecule has 0 aromatic heterocycles. The van der Waals surface area contributed by atoms with Crippen LogP contribution in [0, 0.1) is 16.7 Å². The summed E-state index contributed by atoms with van der Waals surface area (Å²) in [5, 5.41) is 11.9. The molecule has 94 valence electrons. The number of amides is 2. The van der Waals surface area contributed by atoms with Crippen LogP contribution in [0.3, 0.4) is 0 Å². The largest absolute Gasteiger partial charge is 0.354 e. The Kier molecular flexibility index (Phi) is 4.50. The molecular weight excluding hydrogens is 218 g/mol. The highest BCUT2D eigenvalue weighted by molar-refractivity contribution is 5.89. The van der Waals surface area contributed by atoms with Gasteiger partial charge in [0.15, 0.2) is 0 Å². The van der Waals surface area contributed by atoms with Crippen molar-refractivity contribution in [2.45, 2.75) is 33.1 Å². The third-order valence-electron chi connectivity index (χ3n) is 3.38. The average molecular weight is 237 g/mol. The Hall–Kier alpha value is -1.57. The fourth-order valence-electron chi connectivity index (χ4n) is 2.04. The molecule has 0 aromatic rings. The van der Waals surface area contributed by atoms with Gasteiger partial charge in [-0.15, -0.1) is 0 Å². The Morgan fingerprint density at radius 1 is 1.53 bits per heavy atom. The maximum atomic E-state index is 12.3. The van der Waals surface area contributed by atoms with Crippen molar-refractivity contribution in [1.82, 2.24) is 10.2 Å². The van der Waals surface area contributed by atoms with Crippen LogP contribution in [0.4, 0.5) is 0 Å². The quantitative estimate of drug-likeness (QED) is 0.783. The van der Waals surface area contributed by atoms with Gasteiger partial charge in [0.1, 0.15) is 5.41 Å². The molecule has 5 nitrogen and oxygen atoms in total. The first kappa shape index (κ1) is 13.5. The summed E-state index contributed by atoms with van der Waals surface area (Å²) in [5.41, 5.74) is -0.968. The summed E-state index contributed by atoms with van der Waals surface area (Å²) in [5.74, 6) is -0.350. The molecular formula is C12H19N3O2. The molecule has 1 aliphatic rings. The molecule has 0 radical (unpaired) electrons. The Labute approximate surface area is 102 Å². The third kappa shape index (κ3) is 2.76. The van der Waals surface area contributed by atoms with E-state index in [4.69, 9.17) is 0 Å². The molecule has 17 heavy (non-hydrogen) atoms. The number of nitriles is 1. The van der Waals surface area contributed by atoms with Crippen molar-refractivity contribution in [3.63, 3.8) is 0 Å². The van der Waals surface area contributed by atoms with E-state index in [1.807, 2.05) is 13.8 Å². The van der Waals surface area contributed by atoms with E-state index in [0.717, 1.165) is 6.42 Å². The predicted octanol–water partition coefficient (Wildman–Crippen LogP) is 0.665. The van der Waals surface area contributed by atoms with Crippen molar-refractivity contribution < 1.29 is 9.59 Å². The van der Waals surface area contributed by atoms with E-state index < -0.39 is 5.41 Å². The fraction of sp³-hybridized carbons (Fsp3) is 0.750. The van der Waals surface area contributed by atoms with Crippen LogP contribution in [0.25, 0.3) is 0 Å². The van der Waals surface area contributed by atoms with Gasteiger partial charge in [-0.2, -0.15) is 5.26 Å². The van der Waals surface area contributed by atoms with E-state index in [2.05, 4.69) is 11.4 Å². The van der Waals surface area contributed by atoms with E-state index in [1.54, 1.807) is 0 Å². The van der Waals surface area contributed by atoms with Gasteiger partial charge in [-0.3, -0.25) is 9.59 Å². The number of nitrogens with zero attached hydrogens (tertiary/aromatic N) is 2. The Morgan fingerprint density at radius 3 is 2.71 bits per heavy atom. The highest BCUT2D eigenvalue weighted by Crippen LogP contribution is 2.28. The number of carbonyl (C=O) groups is 2. The summed E-state index contributed by atoms with van der Waals surface area (Å²) in [4.78, 5) is 25.2. The van der Waals surface area contributed by atoms with E-state index in [0.29, 0.717) is 25.9 Å². The zero-order chi connectivity index (χ0) is 12.9. The second kappa shape index (κ2) is 5.67. The van der Waals surface area contributed by atoms with Crippen molar-refractivity contribution in [3.05, 3.63) is 0 Å². The van der Waals surface area contributed by atoms with Gasteiger partial charge in [0.05, 0.1) is 12.6 Å². The second-order valence-electron chi connectivity index (χ2n) is 4.33. The van der Waals surface area contributed by atoms with Gasteiger partial charge in [0.25, 0.3) is 0 Å². The van der Waals surface area contributed by atoms with Gasteiger partial charge in [-0.1, -0.05) is 13.8 Å². The maximum Gasteiger partial charge on any atom is 0.243 e. The molecule has 0 unspecified atom stereocenters. The number of rotatable bonds is 3. The van der Waals surface area contributed by atoms with Crippen LogP contribution in [-0.4, -0.2) is 36.3 Å². The number of nitrogens with one attached hydrogen (secondary N) is 1. The zero-order valence-electron chi connectivity index (χ0n) is 10.5. The molecule has 1 rings (SSSR count). The Balaban J connectivity index is 2.87. The van der Waals surface area contributed by atoms with Crippen molar-refractivity contribution in [2.75, 3.05) is 19.6 Å². The first-order valence-electron chi connectivity index (χ1n) is 6.07. The first-order chi connectivity index (χ1) is 8.09. The van der Waals surface area contributed by atoms with Crippen molar-refractivity contribution >= 4 is 11.8 Å². The monoisotopic (exact) mass is 237 g/mol. The van der Waals surface area contributed by atoms with Crippen molar-refractivity contribution in [1.29, 1.82) is 5.26 Å². The SMILES string of the molecule is CCC(C#N)(CC)C(=O)N1CCCNC(=O)C1. The molecule has 1 fully saturated rings. The minimum Gasteiger partial charge on any atom is -0.354 e. The van der Waals surface area contributed by atoms with E-state index in [9.17, 15) is 14.9 Å². The number of carbonyl (C=O) groups excluding carboxylic acids is 2. The van der Waals surface area contributed by atoms with Crippen LogP contribution in [0.5, 0.6) is 0 Å². The van der Waals surface area contributed by atoms with Crippen LogP contribution < -0.4 is 5.32 Å². The van der Waals surface area contributed by atoms with Gasteiger partial charge in [0.2, 0.25) is 11.8 Å². The first-order valence-corrected chi connectivity index (χ1v) is 6.07. The predicted molar refractivity (Wildman–Crippen MR) is 62.8 cm³/mol. The van der Waals surface area contributed by atoms with Gasteiger partial charge < -0.3 is 10.2 Å². The smallest absolute Gasteiger partial charge is 0.243 e. The third-order valence-corrected chi connectivity index (χ3v) is 3.38. The topological polar surface area (TPSA) is 73.2 Å². The maximum absolute atomic E-state index is 12.3. The van der Waals surface area contributed by atoms with Gasteiger partial charge in [0, 0.05) is 13.1 Å². The van der Waals surface area contributed by atoms with Crippen LogP contribution in [0.2, 0.25) is 0 Å². The normalized spacial score (nSPS) is 17.0. The molecule has 1 heterocycles. The highest BCUT2D eigenvalue weighted by atomic mass is 16.2. The minimum absolute atomic E-state index is 0.0717.